The van der Waals surface area contributed by atoms with Crippen molar-refractivity contribution in [2.24, 2.45) is 0 Å². The maximum absolute atomic E-state index is 14.2. The first kappa shape index (κ1) is 25.1. The third-order valence-electron chi connectivity index (χ3n) is 6.68. The maximum atomic E-state index is 14.2. The minimum absolute atomic E-state index is 0.0992. The van der Waals surface area contributed by atoms with E-state index in [0.717, 1.165) is 28.2 Å². The summed E-state index contributed by atoms with van der Waals surface area (Å²) in [6, 6.07) is 24.3. The molecule has 0 spiro atoms. The minimum Gasteiger partial charge on any atom is -0.327 e. The molecule has 3 aromatic carbocycles. The van der Waals surface area contributed by atoms with Gasteiger partial charge in [0.2, 0.25) is 5.91 Å². The normalized spacial score (nSPS) is 14.3. The first-order chi connectivity index (χ1) is 17.7. The number of rotatable bonds is 5. The molecule has 1 atom stereocenters. The van der Waals surface area contributed by atoms with Crippen LogP contribution in [0.4, 0.5) is 5.69 Å². The van der Waals surface area contributed by atoms with Crippen molar-refractivity contribution in [1.82, 2.24) is 9.47 Å². The molecule has 0 aliphatic carbocycles. The van der Waals surface area contributed by atoms with Crippen LogP contribution in [0.15, 0.2) is 85.1 Å². The van der Waals surface area contributed by atoms with Crippen LogP contribution in [0.1, 0.15) is 47.1 Å². The Labute approximate surface area is 226 Å². The third kappa shape index (κ3) is 4.77. The topological polar surface area (TPSA) is 45.6 Å². The highest BCUT2D eigenvalue weighted by Crippen LogP contribution is 2.42. The van der Waals surface area contributed by atoms with Crippen molar-refractivity contribution < 1.29 is 9.59 Å². The van der Waals surface area contributed by atoms with Crippen molar-refractivity contribution in [2.45, 2.75) is 32.9 Å². The van der Waals surface area contributed by atoms with E-state index in [-0.39, 0.29) is 30.4 Å². The molecule has 0 bridgehead atoms. The van der Waals surface area contributed by atoms with Gasteiger partial charge in [0.05, 0.1) is 17.1 Å². The van der Waals surface area contributed by atoms with Crippen LogP contribution in [0.3, 0.4) is 0 Å². The van der Waals surface area contributed by atoms with Crippen LogP contribution in [-0.2, 0) is 4.79 Å². The summed E-state index contributed by atoms with van der Waals surface area (Å²) < 4.78 is 2.13. The molecule has 0 saturated heterocycles. The number of aryl methyl sites for hydroxylation is 1. The molecular weight excluding hydrogens is 505 g/mol. The molecule has 5 rings (SSSR count). The molecule has 0 radical (unpaired) electrons. The number of halogens is 2. The molecule has 188 valence electrons. The Kier molecular flexibility index (Phi) is 6.84. The summed E-state index contributed by atoms with van der Waals surface area (Å²) in [7, 11) is 0. The van der Waals surface area contributed by atoms with Gasteiger partial charge in [-0.1, -0.05) is 65.2 Å². The molecule has 4 aromatic rings. The first-order valence-electron chi connectivity index (χ1n) is 12.2. The van der Waals surface area contributed by atoms with Crippen molar-refractivity contribution in [1.29, 1.82) is 0 Å². The number of benzene rings is 3. The average Bonchev–Trinajstić information content (AvgIpc) is 3.36. The molecule has 2 heterocycles. The lowest BCUT2D eigenvalue weighted by molar-refractivity contribution is -0.120. The molecule has 0 N–H and O–H groups in total. The number of fused-ring (bicyclic) bond motifs is 3. The molecule has 0 fully saturated rings. The highest BCUT2D eigenvalue weighted by atomic mass is 35.5. The Morgan fingerprint density at radius 1 is 0.892 bits per heavy atom. The van der Waals surface area contributed by atoms with Gasteiger partial charge in [-0.05, 0) is 68.8 Å². The van der Waals surface area contributed by atoms with Crippen molar-refractivity contribution in [3.8, 4) is 5.69 Å². The van der Waals surface area contributed by atoms with Crippen LogP contribution in [0.5, 0.6) is 0 Å². The zero-order chi connectivity index (χ0) is 26.3. The number of hydrogen-bond acceptors (Lipinski definition) is 2. The fourth-order valence-electron chi connectivity index (χ4n) is 4.88. The lowest BCUT2D eigenvalue weighted by Gasteiger charge is -2.40. The predicted octanol–water partition coefficient (Wildman–Crippen LogP) is 7.08. The van der Waals surface area contributed by atoms with Gasteiger partial charge < -0.3 is 9.47 Å². The second-order valence-electron chi connectivity index (χ2n) is 9.55. The summed E-state index contributed by atoms with van der Waals surface area (Å²) in [5.41, 5.74) is 5.19. The highest BCUT2D eigenvalue weighted by molar-refractivity contribution is 6.35. The van der Waals surface area contributed by atoms with Gasteiger partial charge in [-0.2, -0.15) is 0 Å². The lowest BCUT2D eigenvalue weighted by Crippen LogP contribution is -2.48. The maximum Gasteiger partial charge on any atom is 0.254 e. The van der Waals surface area contributed by atoms with E-state index in [0.29, 0.717) is 15.6 Å². The smallest absolute Gasteiger partial charge is 0.254 e. The highest BCUT2D eigenvalue weighted by Gasteiger charge is 2.37. The summed E-state index contributed by atoms with van der Waals surface area (Å²) >= 11 is 12.3. The standard InChI is InChI=1S/C30H27Cl2N3O2/c1-19(2)34(30(37)22-15-23(31)17-24(32)16-22)18-28(36)35-26-8-5-4-7-25(26)33-14-6-9-27(33)29(35)21-12-10-20(3)11-13-21/h4-17,19,29H,18H2,1-3H3. The summed E-state index contributed by atoms with van der Waals surface area (Å²) in [4.78, 5) is 31.1. The van der Waals surface area contributed by atoms with Gasteiger partial charge in [0.25, 0.3) is 5.91 Å². The number of aromatic nitrogens is 1. The van der Waals surface area contributed by atoms with E-state index in [1.54, 1.807) is 23.1 Å². The third-order valence-corrected chi connectivity index (χ3v) is 7.12. The first-order valence-corrected chi connectivity index (χ1v) is 12.9. The van der Waals surface area contributed by atoms with Gasteiger partial charge in [-0.25, -0.2) is 0 Å². The second kappa shape index (κ2) is 10.1. The summed E-state index contributed by atoms with van der Waals surface area (Å²) in [6.07, 6.45) is 2.02. The Morgan fingerprint density at radius 2 is 1.54 bits per heavy atom. The van der Waals surface area contributed by atoms with E-state index in [4.69, 9.17) is 23.2 Å². The van der Waals surface area contributed by atoms with E-state index in [9.17, 15) is 9.59 Å². The Balaban J connectivity index is 1.57. The van der Waals surface area contributed by atoms with Crippen molar-refractivity contribution in [3.05, 3.63) is 117 Å². The molecule has 2 amide bonds. The van der Waals surface area contributed by atoms with Crippen LogP contribution in [-0.4, -0.2) is 33.9 Å². The largest absolute Gasteiger partial charge is 0.327 e. The Hall–Kier alpha value is -3.54. The predicted molar refractivity (Wildman–Crippen MR) is 149 cm³/mol. The fraction of sp³-hybridized carbons (Fsp3) is 0.200. The zero-order valence-corrected chi connectivity index (χ0v) is 22.4. The lowest BCUT2D eigenvalue weighted by atomic mass is 9.97. The molecule has 7 heteroatoms. The molecule has 1 aromatic heterocycles. The number of anilines is 1. The molecule has 0 saturated carbocycles. The number of amides is 2. The van der Waals surface area contributed by atoms with Crippen LogP contribution in [0.25, 0.3) is 5.69 Å². The van der Waals surface area contributed by atoms with Gasteiger partial charge in [0.1, 0.15) is 12.6 Å². The van der Waals surface area contributed by atoms with Gasteiger partial charge in [-0.15, -0.1) is 0 Å². The second-order valence-corrected chi connectivity index (χ2v) is 10.4. The van der Waals surface area contributed by atoms with E-state index in [1.807, 2.05) is 68.3 Å². The number of hydrogen-bond donors (Lipinski definition) is 0. The SMILES string of the molecule is Cc1ccc(C2c3cccn3-c3ccccc3N2C(=O)CN(C(=O)c2cc(Cl)cc(Cl)c2)C(C)C)cc1. The molecule has 1 aliphatic heterocycles. The van der Waals surface area contributed by atoms with E-state index in [2.05, 4.69) is 28.8 Å². The van der Waals surface area contributed by atoms with Crippen LogP contribution >= 0.6 is 23.2 Å². The minimum atomic E-state index is -0.345. The van der Waals surface area contributed by atoms with Crippen LogP contribution in [0, 0.1) is 6.92 Å². The van der Waals surface area contributed by atoms with E-state index >= 15 is 0 Å². The van der Waals surface area contributed by atoms with E-state index < -0.39 is 0 Å². The molecular formula is C30H27Cl2N3O2. The molecule has 1 aliphatic rings. The molecule has 5 nitrogen and oxygen atoms in total. The van der Waals surface area contributed by atoms with Crippen molar-refractivity contribution in [2.75, 3.05) is 11.4 Å². The van der Waals surface area contributed by atoms with Gasteiger partial charge in [-0.3, -0.25) is 14.5 Å². The number of carbonyl (C=O) groups is 2. The average molecular weight is 532 g/mol. The zero-order valence-electron chi connectivity index (χ0n) is 20.9. The Morgan fingerprint density at radius 3 is 2.19 bits per heavy atom. The molecule has 1 unspecified atom stereocenters. The van der Waals surface area contributed by atoms with Crippen LogP contribution < -0.4 is 4.90 Å². The fourth-order valence-corrected chi connectivity index (χ4v) is 5.41. The van der Waals surface area contributed by atoms with Gasteiger partial charge >= 0.3 is 0 Å². The number of carbonyl (C=O) groups excluding carboxylic acids is 2. The summed E-state index contributed by atoms with van der Waals surface area (Å²) in [6.45, 7) is 5.73. The van der Waals surface area contributed by atoms with Crippen LogP contribution in [0.2, 0.25) is 10.0 Å². The van der Waals surface area contributed by atoms with Gasteiger partial charge in [0.15, 0.2) is 0 Å². The summed E-state index contributed by atoms with van der Waals surface area (Å²) in [5, 5.41) is 0.743. The summed E-state index contributed by atoms with van der Waals surface area (Å²) in [5.74, 6) is -0.478. The van der Waals surface area contributed by atoms with Crippen molar-refractivity contribution >= 4 is 40.7 Å². The monoisotopic (exact) mass is 531 g/mol. The number of nitrogens with zero attached hydrogens (tertiary/aromatic N) is 3. The number of para-hydroxylation sites is 2. The van der Waals surface area contributed by atoms with Gasteiger partial charge in [0, 0.05) is 27.8 Å². The quantitative estimate of drug-likeness (QED) is 0.276. The molecule has 37 heavy (non-hydrogen) atoms. The van der Waals surface area contributed by atoms with Crippen molar-refractivity contribution in [3.63, 3.8) is 0 Å². The Bertz CT molecular complexity index is 1460. The van der Waals surface area contributed by atoms with E-state index in [1.165, 1.54) is 0 Å².